The average molecular weight is 419 g/mol. The van der Waals surface area contributed by atoms with Crippen LogP contribution in [0.3, 0.4) is 0 Å². The maximum Gasteiger partial charge on any atom is 0.268 e. The first kappa shape index (κ1) is 18.8. The van der Waals surface area contributed by atoms with Crippen molar-refractivity contribution >= 4 is 29.0 Å². The molecule has 1 saturated carbocycles. The minimum absolute atomic E-state index is 0.0470. The molecule has 1 atom stereocenters. The normalized spacial score (nSPS) is 27.7. The maximum absolute atomic E-state index is 14.4. The van der Waals surface area contributed by atoms with Gasteiger partial charge in [-0.05, 0) is 49.3 Å². The minimum Gasteiger partial charge on any atom is -0.358 e. The van der Waals surface area contributed by atoms with Crippen molar-refractivity contribution in [1.29, 1.82) is 0 Å². The van der Waals surface area contributed by atoms with Gasteiger partial charge in [-0.2, -0.15) is 0 Å². The molecule has 0 unspecified atom stereocenters. The van der Waals surface area contributed by atoms with Crippen LogP contribution in [-0.4, -0.2) is 11.4 Å². The zero-order valence-corrected chi connectivity index (χ0v) is 19.0. The molecule has 2 aromatic rings. The maximum atomic E-state index is 14.4. The van der Waals surface area contributed by atoms with Gasteiger partial charge in [0.1, 0.15) is 0 Å². The molecule has 2 spiro atoms. The third-order valence-corrected chi connectivity index (χ3v) is 9.21. The number of benzene rings is 2. The van der Waals surface area contributed by atoms with E-state index >= 15 is 0 Å². The lowest BCUT2D eigenvalue weighted by Gasteiger charge is -2.52. The van der Waals surface area contributed by atoms with Gasteiger partial charge in [0.25, 0.3) is 5.91 Å². The van der Waals surface area contributed by atoms with E-state index in [-0.39, 0.29) is 16.9 Å². The number of para-hydroxylation sites is 1. The Morgan fingerprint density at radius 1 is 1.00 bits per heavy atom. The van der Waals surface area contributed by atoms with Gasteiger partial charge in [0.15, 0.2) is 4.87 Å². The fourth-order valence-electron chi connectivity index (χ4n) is 6.67. The summed E-state index contributed by atoms with van der Waals surface area (Å²) in [5.74, 6) is 0.253. The fraction of sp³-hybridized carbons (Fsp3) is 0.500. The van der Waals surface area contributed by atoms with Crippen LogP contribution in [-0.2, 0) is 15.1 Å². The molecule has 3 aliphatic heterocycles. The number of carbonyl (C=O) groups excluding carboxylic acids is 1. The Labute approximate surface area is 183 Å². The van der Waals surface area contributed by atoms with E-state index in [4.69, 9.17) is 0 Å². The number of nitrogens with one attached hydrogen (secondary N) is 1. The largest absolute Gasteiger partial charge is 0.358 e. The molecule has 0 bridgehead atoms. The molecule has 3 heterocycles. The Balaban J connectivity index is 1.61. The van der Waals surface area contributed by atoms with Gasteiger partial charge < -0.3 is 10.2 Å². The van der Waals surface area contributed by atoms with Gasteiger partial charge in [-0.25, -0.2) is 0 Å². The van der Waals surface area contributed by atoms with Crippen molar-refractivity contribution in [2.24, 2.45) is 0 Å². The highest BCUT2D eigenvalue weighted by Gasteiger charge is 2.63. The van der Waals surface area contributed by atoms with E-state index in [0.29, 0.717) is 0 Å². The van der Waals surface area contributed by atoms with Crippen LogP contribution in [0, 0.1) is 6.92 Å². The summed E-state index contributed by atoms with van der Waals surface area (Å²) < 4.78 is 0. The molecule has 1 amide bonds. The first-order valence-corrected chi connectivity index (χ1v) is 12.2. The summed E-state index contributed by atoms with van der Waals surface area (Å²) in [6.45, 7) is 6.97. The Morgan fingerprint density at radius 2 is 1.70 bits per heavy atom. The monoisotopic (exact) mass is 418 g/mol. The predicted molar refractivity (Wildman–Crippen MR) is 124 cm³/mol. The van der Waals surface area contributed by atoms with E-state index in [1.807, 2.05) is 0 Å². The molecule has 1 N–H and O–H groups in total. The van der Waals surface area contributed by atoms with E-state index in [1.165, 1.54) is 53.0 Å². The molecular weight excluding hydrogens is 388 g/mol. The molecule has 30 heavy (non-hydrogen) atoms. The van der Waals surface area contributed by atoms with Crippen molar-refractivity contribution in [1.82, 2.24) is 0 Å². The number of hydrogen-bond acceptors (Lipinski definition) is 3. The van der Waals surface area contributed by atoms with E-state index in [2.05, 4.69) is 67.4 Å². The summed E-state index contributed by atoms with van der Waals surface area (Å²) in [7, 11) is 0. The van der Waals surface area contributed by atoms with Crippen molar-refractivity contribution < 1.29 is 4.79 Å². The van der Waals surface area contributed by atoms with Crippen LogP contribution >= 0.6 is 11.8 Å². The number of rotatable bonds is 0. The SMILES string of the molecule is Cc1cc2c3c(c1)[C@@]1(Nc4ccccc4S1)C(=O)N3C1(CCCCCC1)CC2(C)C. The Morgan fingerprint density at radius 3 is 2.43 bits per heavy atom. The number of thioether (sulfide) groups is 1. The molecule has 6 rings (SSSR count). The lowest BCUT2D eigenvalue weighted by Crippen LogP contribution is -2.59. The molecule has 0 radical (unpaired) electrons. The summed E-state index contributed by atoms with van der Waals surface area (Å²) in [6.07, 6.45) is 8.36. The zero-order valence-electron chi connectivity index (χ0n) is 18.2. The highest BCUT2D eigenvalue weighted by Crippen LogP contribution is 2.64. The average Bonchev–Trinajstić information content (AvgIpc) is 3.10. The van der Waals surface area contributed by atoms with Crippen molar-refractivity contribution in [3.05, 3.63) is 53.1 Å². The van der Waals surface area contributed by atoms with Gasteiger partial charge in [-0.3, -0.25) is 4.79 Å². The van der Waals surface area contributed by atoms with E-state index < -0.39 is 4.87 Å². The van der Waals surface area contributed by atoms with Crippen molar-refractivity contribution in [3.8, 4) is 0 Å². The van der Waals surface area contributed by atoms with Gasteiger partial charge in [0, 0.05) is 21.7 Å². The lowest BCUT2D eigenvalue weighted by molar-refractivity contribution is -0.121. The smallest absolute Gasteiger partial charge is 0.268 e. The van der Waals surface area contributed by atoms with Crippen LogP contribution in [0.1, 0.15) is 75.5 Å². The van der Waals surface area contributed by atoms with Gasteiger partial charge in [0.05, 0.1) is 5.69 Å². The molecule has 2 aromatic carbocycles. The topological polar surface area (TPSA) is 32.3 Å². The van der Waals surface area contributed by atoms with Gasteiger partial charge >= 0.3 is 0 Å². The van der Waals surface area contributed by atoms with Crippen molar-refractivity contribution in [3.63, 3.8) is 0 Å². The number of nitrogens with zero attached hydrogens (tertiary/aromatic N) is 1. The summed E-state index contributed by atoms with van der Waals surface area (Å²) in [5.41, 5.74) is 6.11. The molecule has 1 fully saturated rings. The molecule has 1 aliphatic carbocycles. The molecule has 0 aromatic heterocycles. The number of aryl methyl sites for hydroxylation is 1. The van der Waals surface area contributed by atoms with Gasteiger partial charge in [0.2, 0.25) is 0 Å². The second kappa shape index (κ2) is 6.06. The first-order valence-electron chi connectivity index (χ1n) is 11.4. The molecular formula is C26H30N2OS. The number of hydrogen-bond donors (Lipinski definition) is 1. The number of carbonyl (C=O) groups is 1. The molecule has 156 valence electrons. The van der Waals surface area contributed by atoms with Crippen molar-refractivity contribution in [2.45, 2.75) is 86.4 Å². The van der Waals surface area contributed by atoms with E-state index in [1.54, 1.807) is 11.8 Å². The number of anilines is 2. The number of fused-ring (bicyclic) bond motifs is 3. The highest BCUT2D eigenvalue weighted by molar-refractivity contribution is 8.01. The zero-order chi connectivity index (χ0) is 20.7. The predicted octanol–water partition coefficient (Wildman–Crippen LogP) is 6.49. The van der Waals surface area contributed by atoms with Gasteiger partial charge in [-0.15, -0.1) is 0 Å². The number of amides is 1. The van der Waals surface area contributed by atoms with Crippen LogP contribution in [0.25, 0.3) is 0 Å². The summed E-state index contributed by atoms with van der Waals surface area (Å²) >= 11 is 1.71. The lowest BCUT2D eigenvalue weighted by atomic mass is 9.66. The van der Waals surface area contributed by atoms with Crippen LogP contribution in [0.5, 0.6) is 0 Å². The van der Waals surface area contributed by atoms with E-state index in [9.17, 15) is 4.79 Å². The molecule has 0 saturated heterocycles. The van der Waals surface area contributed by atoms with E-state index in [0.717, 1.165) is 24.9 Å². The Kier molecular flexibility index (Phi) is 3.80. The summed E-state index contributed by atoms with van der Waals surface area (Å²) in [4.78, 5) is 17.2. The van der Waals surface area contributed by atoms with Gasteiger partial charge in [-0.1, -0.05) is 81.1 Å². The fourth-order valence-corrected chi connectivity index (χ4v) is 7.98. The quantitative estimate of drug-likeness (QED) is 0.531. The van der Waals surface area contributed by atoms with Crippen LogP contribution in [0.2, 0.25) is 0 Å². The standard InChI is InChI=1S/C26H30N2OS/c1-17-14-18-22-19(15-17)26(27-20-10-6-7-11-21(20)30-26)23(29)28(22)25(16-24(18,2)3)12-8-4-5-9-13-25/h6-7,10-11,14-15,27H,4-5,8-9,12-13,16H2,1-3H3/t26-/m0/s1. The summed E-state index contributed by atoms with van der Waals surface area (Å²) in [5, 5.41) is 3.70. The highest BCUT2D eigenvalue weighted by atomic mass is 32.2. The second-order valence-electron chi connectivity index (χ2n) is 10.5. The molecule has 4 heteroatoms. The third kappa shape index (κ3) is 2.32. The van der Waals surface area contributed by atoms with Crippen LogP contribution < -0.4 is 10.2 Å². The van der Waals surface area contributed by atoms with Crippen LogP contribution in [0.4, 0.5) is 11.4 Å². The summed E-state index contributed by atoms with van der Waals surface area (Å²) in [6, 6.07) is 13.0. The first-order chi connectivity index (χ1) is 14.4. The molecule has 3 nitrogen and oxygen atoms in total. The Bertz CT molecular complexity index is 1040. The molecule has 4 aliphatic rings. The third-order valence-electron chi connectivity index (χ3n) is 7.83. The van der Waals surface area contributed by atoms with Crippen molar-refractivity contribution in [2.75, 3.05) is 10.2 Å². The Hall–Kier alpha value is -1.94. The van der Waals surface area contributed by atoms with Crippen LogP contribution in [0.15, 0.2) is 41.3 Å². The minimum atomic E-state index is -0.723. The second-order valence-corrected chi connectivity index (χ2v) is 11.7.